The van der Waals surface area contributed by atoms with Gasteiger partial charge in [0.1, 0.15) is 0 Å². The molecule has 2 N–H and O–H groups in total. The fraction of sp³-hybridized carbons (Fsp3) is 0.444. The molecule has 1 fully saturated rings. The highest BCUT2D eigenvalue weighted by atomic mass is 35.5. The number of rotatable bonds is 1. The van der Waals surface area contributed by atoms with Gasteiger partial charge >= 0.3 is 0 Å². The highest BCUT2D eigenvalue weighted by Crippen LogP contribution is 2.50. The van der Waals surface area contributed by atoms with Crippen molar-refractivity contribution in [2.45, 2.75) is 18.9 Å². The first-order valence-electron chi connectivity index (χ1n) is 4.14. The topological polar surface area (TPSA) is 38.9 Å². The van der Waals surface area contributed by atoms with Gasteiger partial charge in [0, 0.05) is 6.20 Å². The van der Waals surface area contributed by atoms with Crippen LogP contribution in [-0.4, -0.2) is 4.98 Å². The van der Waals surface area contributed by atoms with E-state index < -0.39 is 0 Å². The summed E-state index contributed by atoms with van der Waals surface area (Å²) < 4.78 is 0. The third-order valence-corrected chi connectivity index (χ3v) is 3.11. The SMILES string of the molecule is CC1CC1(N)c1ncc(Cl)cc1Cl. The van der Waals surface area contributed by atoms with Crippen LogP contribution in [0.5, 0.6) is 0 Å². The van der Waals surface area contributed by atoms with Crippen molar-refractivity contribution in [3.8, 4) is 0 Å². The van der Waals surface area contributed by atoms with Crippen molar-refractivity contribution in [2.75, 3.05) is 0 Å². The minimum atomic E-state index is -0.318. The van der Waals surface area contributed by atoms with Gasteiger partial charge in [0.25, 0.3) is 0 Å². The third-order valence-electron chi connectivity index (χ3n) is 2.61. The molecule has 0 spiro atoms. The van der Waals surface area contributed by atoms with Gasteiger partial charge in [-0.1, -0.05) is 30.1 Å². The van der Waals surface area contributed by atoms with E-state index in [1.54, 1.807) is 12.3 Å². The van der Waals surface area contributed by atoms with Crippen molar-refractivity contribution < 1.29 is 0 Å². The van der Waals surface area contributed by atoms with Crippen molar-refractivity contribution in [3.05, 3.63) is 28.0 Å². The van der Waals surface area contributed by atoms with Crippen LogP contribution in [0.3, 0.4) is 0 Å². The van der Waals surface area contributed by atoms with Crippen LogP contribution in [0, 0.1) is 5.92 Å². The van der Waals surface area contributed by atoms with Crippen LogP contribution in [-0.2, 0) is 5.54 Å². The monoisotopic (exact) mass is 216 g/mol. The minimum Gasteiger partial charge on any atom is -0.320 e. The molecule has 0 amide bonds. The standard InChI is InChI=1S/C9H10Cl2N2/c1-5-3-9(5,12)8-7(11)2-6(10)4-13-8/h2,4-5H,3,12H2,1H3. The molecule has 1 aliphatic carbocycles. The van der Waals surface area contributed by atoms with Crippen LogP contribution < -0.4 is 5.73 Å². The molecule has 2 unspecified atom stereocenters. The Morgan fingerprint density at radius 1 is 1.62 bits per heavy atom. The minimum absolute atomic E-state index is 0.318. The maximum atomic E-state index is 6.07. The van der Waals surface area contributed by atoms with Crippen LogP contribution in [0.1, 0.15) is 19.0 Å². The van der Waals surface area contributed by atoms with E-state index >= 15 is 0 Å². The first-order chi connectivity index (χ1) is 6.04. The molecule has 1 aromatic heterocycles. The lowest BCUT2D eigenvalue weighted by atomic mass is 10.1. The molecule has 1 aromatic rings. The number of nitrogens with two attached hydrogens (primary N) is 1. The van der Waals surface area contributed by atoms with Gasteiger partial charge < -0.3 is 5.73 Å². The van der Waals surface area contributed by atoms with Crippen molar-refractivity contribution in [3.63, 3.8) is 0 Å². The second-order valence-electron chi connectivity index (χ2n) is 3.63. The summed E-state index contributed by atoms with van der Waals surface area (Å²) in [4.78, 5) is 4.17. The smallest absolute Gasteiger partial charge is 0.0792 e. The zero-order chi connectivity index (χ0) is 9.64. The van der Waals surface area contributed by atoms with Gasteiger partial charge in [0.05, 0.1) is 21.3 Å². The van der Waals surface area contributed by atoms with E-state index in [0.29, 0.717) is 16.0 Å². The molecule has 2 rings (SSSR count). The summed E-state index contributed by atoms with van der Waals surface area (Å²) in [5, 5.41) is 1.12. The Balaban J connectivity index is 2.42. The van der Waals surface area contributed by atoms with E-state index in [4.69, 9.17) is 28.9 Å². The molecule has 2 nitrogen and oxygen atoms in total. The zero-order valence-electron chi connectivity index (χ0n) is 7.22. The molecule has 0 bridgehead atoms. The number of pyridine rings is 1. The van der Waals surface area contributed by atoms with Crippen molar-refractivity contribution in [2.24, 2.45) is 11.7 Å². The number of aromatic nitrogens is 1. The highest BCUT2D eigenvalue weighted by molar-refractivity contribution is 6.34. The summed E-state index contributed by atoms with van der Waals surface area (Å²) in [7, 11) is 0. The molecule has 0 aromatic carbocycles. The van der Waals surface area contributed by atoms with Crippen molar-refractivity contribution >= 4 is 23.2 Å². The average molecular weight is 217 g/mol. The predicted octanol–water partition coefficient (Wildman–Crippen LogP) is 2.58. The summed E-state index contributed by atoms with van der Waals surface area (Å²) in [6, 6.07) is 1.69. The number of hydrogen-bond acceptors (Lipinski definition) is 2. The quantitative estimate of drug-likeness (QED) is 0.785. The molecule has 1 saturated carbocycles. The molecular weight excluding hydrogens is 207 g/mol. The van der Waals surface area contributed by atoms with Gasteiger partial charge in [-0.25, -0.2) is 0 Å². The highest BCUT2D eigenvalue weighted by Gasteiger charge is 2.51. The molecular formula is C9H10Cl2N2. The first-order valence-corrected chi connectivity index (χ1v) is 4.90. The van der Waals surface area contributed by atoms with Crippen LogP contribution in [0.4, 0.5) is 0 Å². The Morgan fingerprint density at radius 3 is 2.69 bits per heavy atom. The van der Waals surface area contributed by atoms with Crippen LogP contribution >= 0.6 is 23.2 Å². The van der Waals surface area contributed by atoms with Gasteiger partial charge in [0.15, 0.2) is 0 Å². The summed E-state index contributed by atoms with van der Waals surface area (Å²) in [5.74, 6) is 0.457. The molecule has 70 valence electrons. The maximum Gasteiger partial charge on any atom is 0.0792 e. The number of nitrogens with zero attached hydrogens (tertiary/aromatic N) is 1. The summed E-state index contributed by atoms with van der Waals surface area (Å²) >= 11 is 11.7. The zero-order valence-corrected chi connectivity index (χ0v) is 8.73. The lowest BCUT2D eigenvalue weighted by molar-refractivity contribution is 0.642. The summed E-state index contributed by atoms with van der Waals surface area (Å²) in [6.07, 6.45) is 2.53. The van der Waals surface area contributed by atoms with Crippen LogP contribution in [0.2, 0.25) is 10.0 Å². The van der Waals surface area contributed by atoms with Crippen LogP contribution in [0.15, 0.2) is 12.3 Å². The Labute approximate surface area is 87.1 Å². The van der Waals surface area contributed by atoms with E-state index in [9.17, 15) is 0 Å². The first kappa shape index (κ1) is 9.25. The van der Waals surface area contributed by atoms with Gasteiger partial charge in [-0.15, -0.1) is 0 Å². The summed E-state index contributed by atoms with van der Waals surface area (Å²) in [5.41, 5.74) is 6.52. The number of hydrogen-bond donors (Lipinski definition) is 1. The van der Waals surface area contributed by atoms with E-state index in [1.807, 2.05) is 0 Å². The van der Waals surface area contributed by atoms with E-state index in [1.165, 1.54) is 0 Å². The third kappa shape index (κ3) is 1.43. The Morgan fingerprint density at radius 2 is 2.23 bits per heavy atom. The molecule has 0 radical (unpaired) electrons. The van der Waals surface area contributed by atoms with Gasteiger partial charge in [-0.2, -0.15) is 0 Å². The molecule has 2 atom stereocenters. The largest absolute Gasteiger partial charge is 0.320 e. The molecule has 0 saturated heterocycles. The van der Waals surface area contributed by atoms with Gasteiger partial charge in [-0.3, -0.25) is 4.98 Å². The van der Waals surface area contributed by atoms with E-state index in [0.717, 1.165) is 12.1 Å². The second-order valence-corrected chi connectivity index (χ2v) is 4.47. The molecule has 1 heterocycles. The van der Waals surface area contributed by atoms with Crippen LogP contribution in [0.25, 0.3) is 0 Å². The van der Waals surface area contributed by atoms with Crippen molar-refractivity contribution in [1.82, 2.24) is 4.98 Å². The normalized spacial score (nSPS) is 31.8. The Bertz CT molecular complexity index is 353. The fourth-order valence-electron chi connectivity index (χ4n) is 1.53. The fourth-order valence-corrected chi connectivity index (χ4v) is 2.09. The molecule has 4 heteroatoms. The molecule has 0 aliphatic heterocycles. The molecule has 1 aliphatic rings. The average Bonchev–Trinajstić information content (AvgIpc) is 2.59. The second kappa shape index (κ2) is 2.84. The lowest BCUT2D eigenvalue weighted by Gasteiger charge is -2.11. The Hall–Kier alpha value is -0.310. The Kier molecular flexibility index (Phi) is 2.02. The lowest BCUT2D eigenvalue weighted by Crippen LogP contribution is -2.23. The maximum absolute atomic E-state index is 6.07. The van der Waals surface area contributed by atoms with E-state index in [2.05, 4.69) is 11.9 Å². The van der Waals surface area contributed by atoms with Crippen molar-refractivity contribution in [1.29, 1.82) is 0 Å². The predicted molar refractivity (Wildman–Crippen MR) is 53.9 cm³/mol. The molecule has 13 heavy (non-hydrogen) atoms. The van der Waals surface area contributed by atoms with Gasteiger partial charge in [-0.05, 0) is 18.4 Å². The van der Waals surface area contributed by atoms with E-state index in [-0.39, 0.29) is 5.54 Å². The summed E-state index contributed by atoms with van der Waals surface area (Å²) in [6.45, 7) is 2.09. The number of halogens is 2. The van der Waals surface area contributed by atoms with Gasteiger partial charge in [0.2, 0.25) is 0 Å².